The first-order chi connectivity index (χ1) is 11.4. The lowest BCUT2D eigenvalue weighted by atomic mass is 10.1. The predicted octanol–water partition coefficient (Wildman–Crippen LogP) is 2.44. The van der Waals surface area contributed by atoms with Gasteiger partial charge in [0, 0.05) is 25.3 Å². The molecule has 1 unspecified atom stereocenters. The first-order valence-corrected chi connectivity index (χ1v) is 7.74. The van der Waals surface area contributed by atoms with Crippen molar-refractivity contribution in [2.45, 2.75) is 12.6 Å². The minimum atomic E-state index is 0. The summed E-state index contributed by atoms with van der Waals surface area (Å²) in [6.07, 6.45) is 12.6. The summed E-state index contributed by atoms with van der Waals surface area (Å²) < 4.78 is 5.67. The summed E-state index contributed by atoms with van der Waals surface area (Å²) in [6.45, 7) is 0.722. The molecule has 0 saturated heterocycles. The molecule has 23 heavy (non-hydrogen) atoms. The van der Waals surface area contributed by atoms with Crippen molar-refractivity contribution >= 4 is 12.3 Å². The highest BCUT2D eigenvalue weighted by Crippen LogP contribution is 2.15. The number of rotatable bonds is 3. The van der Waals surface area contributed by atoms with Gasteiger partial charge in [0.2, 0.25) is 0 Å². The number of allylic oxidation sites excluding steroid dienone is 2. The van der Waals surface area contributed by atoms with E-state index in [4.69, 9.17) is 9.41 Å². The number of fused-ring (bicyclic) bond motifs is 1. The molecule has 2 aliphatic rings. The van der Waals surface area contributed by atoms with Crippen LogP contribution in [0.1, 0.15) is 7.85 Å². The maximum Gasteiger partial charge on any atom is 0.148 e. The van der Waals surface area contributed by atoms with Gasteiger partial charge < -0.3 is 9.73 Å². The molecule has 4 nitrogen and oxygen atoms in total. The van der Waals surface area contributed by atoms with Gasteiger partial charge in [-0.05, 0) is 23.8 Å². The summed E-state index contributed by atoms with van der Waals surface area (Å²) in [5, 5.41) is 4.37. The van der Waals surface area contributed by atoms with E-state index < -0.39 is 0 Å². The second-order valence-corrected chi connectivity index (χ2v) is 5.50. The largest absolute Gasteiger partial charge is 0.462 e. The lowest BCUT2D eigenvalue weighted by Crippen LogP contribution is -2.36. The van der Waals surface area contributed by atoms with Crippen molar-refractivity contribution in [3.05, 3.63) is 71.3 Å². The predicted molar refractivity (Wildman–Crippen MR) is 93.6 cm³/mol. The molecule has 2 aromatic rings. The van der Waals surface area contributed by atoms with Gasteiger partial charge in [0.15, 0.2) is 0 Å². The SMILES string of the molecule is C1=CC(NC2CC=c3occ(-c4ccccc4)c3=N2)=CC=NC1.[HH]. The van der Waals surface area contributed by atoms with Crippen LogP contribution in [0.25, 0.3) is 17.2 Å². The van der Waals surface area contributed by atoms with Crippen molar-refractivity contribution in [1.82, 2.24) is 5.32 Å². The third-order valence-electron chi connectivity index (χ3n) is 3.89. The zero-order valence-electron chi connectivity index (χ0n) is 12.6. The molecule has 0 aliphatic carbocycles. The quantitative estimate of drug-likeness (QED) is 0.947. The molecule has 3 heterocycles. The van der Waals surface area contributed by atoms with Crippen LogP contribution >= 0.6 is 0 Å². The Morgan fingerprint density at radius 1 is 1.22 bits per heavy atom. The fourth-order valence-electron chi connectivity index (χ4n) is 2.76. The molecule has 0 spiro atoms. The molecule has 0 radical (unpaired) electrons. The third kappa shape index (κ3) is 2.88. The fraction of sp³-hybridized carbons (Fsp3) is 0.158. The Labute approximate surface area is 135 Å². The van der Waals surface area contributed by atoms with Crippen molar-refractivity contribution in [3.63, 3.8) is 0 Å². The Bertz CT molecular complexity index is 910. The molecule has 1 N–H and O–H groups in total. The molecule has 1 aromatic carbocycles. The number of benzene rings is 1. The number of hydrogen-bond donors (Lipinski definition) is 1. The lowest BCUT2D eigenvalue weighted by molar-refractivity contribution is 0.509. The first kappa shape index (κ1) is 13.8. The fourth-order valence-corrected chi connectivity index (χ4v) is 2.76. The van der Waals surface area contributed by atoms with Crippen molar-refractivity contribution in [1.29, 1.82) is 0 Å². The number of nitrogens with zero attached hydrogens (tertiary/aromatic N) is 2. The number of furan rings is 1. The number of nitrogens with one attached hydrogen (secondary N) is 1. The van der Waals surface area contributed by atoms with Crippen molar-refractivity contribution in [3.8, 4) is 11.1 Å². The minimum absolute atomic E-state index is 0. The second kappa shape index (κ2) is 6.08. The van der Waals surface area contributed by atoms with Gasteiger partial charge in [-0.25, -0.2) is 0 Å². The average Bonchev–Trinajstić information content (AvgIpc) is 2.84. The van der Waals surface area contributed by atoms with Crippen LogP contribution < -0.4 is 16.1 Å². The van der Waals surface area contributed by atoms with Crippen LogP contribution in [-0.4, -0.2) is 18.9 Å². The first-order valence-electron chi connectivity index (χ1n) is 7.74. The van der Waals surface area contributed by atoms with Crippen molar-refractivity contribution in [2.24, 2.45) is 9.98 Å². The summed E-state index contributed by atoms with van der Waals surface area (Å²) in [7, 11) is 0. The molecule has 4 heteroatoms. The van der Waals surface area contributed by atoms with E-state index in [1.807, 2.05) is 42.6 Å². The van der Waals surface area contributed by atoms with Crippen molar-refractivity contribution in [2.75, 3.05) is 6.54 Å². The molecule has 116 valence electrons. The van der Waals surface area contributed by atoms with Gasteiger partial charge in [0.05, 0.1) is 6.54 Å². The molecular formula is C19H19N3O. The number of hydrogen-bond acceptors (Lipinski definition) is 4. The van der Waals surface area contributed by atoms with Gasteiger partial charge in [0.25, 0.3) is 0 Å². The zero-order chi connectivity index (χ0) is 15.5. The van der Waals surface area contributed by atoms with E-state index in [1.54, 1.807) is 6.26 Å². The molecular weight excluding hydrogens is 286 g/mol. The Balaban J connectivity index is 0.00000169. The number of aliphatic imine (C=N–C) groups is 1. The second-order valence-electron chi connectivity index (χ2n) is 5.50. The lowest BCUT2D eigenvalue weighted by Gasteiger charge is -2.16. The maximum atomic E-state index is 5.67. The van der Waals surface area contributed by atoms with Crippen LogP contribution in [-0.2, 0) is 0 Å². The molecule has 2 aliphatic heterocycles. The van der Waals surface area contributed by atoms with Gasteiger partial charge in [-0.15, -0.1) is 0 Å². The van der Waals surface area contributed by atoms with E-state index in [1.165, 1.54) is 0 Å². The Morgan fingerprint density at radius 2 is 2.13 bits per heavy atom. The topological polar surface area (TPSA) is 49.9 Å². The highest BCUT2D eigenvalue weighted by Gasteiger charge is 2.14. The smallest absolute Gasteiger partial charge is 0.148 e. The van der Waals surface area contributed by atoms with Gasteiger partial charge in [-0.2, -0.15) is 0 Å². The van der Waals surface area contributed by atoms with Gasteiger partial charge >= 0.3 is 0 Å². The van der Waals surface area contributed by atoms with E-state index in [-0.39, 0.29) is 7.59 Å². The average molecular weight is 305 g/mol. The van der Waals surface area contributed by atoms with Crippen LogP contribution in [0.4, 0.5) is 0 Å². The monoisotopic (exact) mass is 305 g/mol. The summed E-state index contributed by atoms with van der Waals surface area (Å²) in [4.78, 5) is 9.07. The Hall–Kier alpha value is -2.88. The van der Waals surface area contributed by atoms with Crippen LogP contribution in [0.3, 0.4) is 0 Å². The molecule has 0 saturated carbocycles. The minimum Gasteiger partial charge on any atom is -0.462 e. The molecule has 1 atom stereocenters. The molecule has 1 aromatic heterocycles. The Morgan fingerprint density at radius 3 is 3.04 bits per heavy atom. The normalized spacial score (nSPS) is 19.1. The highest BCUT2D eigenvalue weighted by atomic mass is 16.3. The zero-order valence-corrected chi connectivity index (χ0v) is 12.6. The van der Waals surface area contributed by atoms with Gasteiger partial charge in [0.1, 0.15) is 23.2 Å². The van der Waals surface area contributed by atoms with Crippen molar-refractivity contribution < 1.29 is 5.84 Å². The summed E-state index contributed by atoms with van der Waals surface area (Å²) >= 11 is 0. The van der Waals surface area contributed by atoms with Crippen LogP contribution in [0, 0.1) is 0 Å². The van der Waals surface area contributed by atoms with E-state index in [2.05, 4.69) is 28.5 Å². The van der Waals surface area contributed by atoms with E-state index in [0.717, 1.165) is 40.6 Å². The van der Waals surface area contributed by atoms with E-state index in [9.17, 15) is 0 Å². The maximum absolute atomic E-state index is 5.67. The van der Waals surface area contributed by atoms with Crippen LogP contribution in [0.5, 0.6) is 0 Å². The summed E-state index contributed by atoms with van der Waals surface area (Å²) in [5.74, 6) is 0. The summed E-state index contributed by atoms with van der Waals surface area (Å²) in [6, 6.07) is 10.2. The summed E-state index contributed by atoms with van der Waals surface area (Å²) in [5.41, 5.74) is 4.04. The molecule has 0 amide bonds. The van der Waals surface area contributed by atoms with Crippen LogP contribution in [0.15, 0.2) is 74.9 Å². The van der Waals surface area contributed by atoms with Gasteiger partial charge in [-0.3, -0.25) is 9.98 Å². The van der Waals surface area contributed by atoms with E-state index in [0.29, 0.717) is 0 Å². The Kier molecular flexibility index (Phi) is 3.64. The molecule has 0 fully saturated rings. The standard InChI is InChI=1S/C19H17N3O.H2/c1-2-5-14(6-3-1)16-13-23-17-8-9-18(22-19(16)17)21-15-7-4-11-20-12-10-15;/h1-8,10,12-13,18,21H,9,11H2;1H. The van der Waals surface area contributed by atoms with Gasteiger partial charge in [-0.1, -0.05) is 36.4 Å². The highest BCUT2D eigenvalue weighted by molar-refractivity contribution is 5.73. The van der Waals surface area contributed by atoms with Crippen LogP contribution in [0.2, 0.25) is 0 Å². The van der Waals surface area contributed by atoms with E-state index >= 15 is 0 Å². The third-order valence-corrected chi connectivity index (χ3v) is 3.89. The molecule has 4 rings (SSSR count). The molecule has 0 bridgehead atoms.